The van der Waals surface area contributed by atoms with Gasteiger partial charge in [0.2, 0.25) is 5.91 Å². The van der Waals surface area contributed by atoms with E-state index in [-0.39, 0.29) is 0 Å². The summed E-state index contributed by atoms with van der Waals surface area (Å²) in [6.07, 6.45) is 0.895. The van der Waals surface area contributed by atoms with Crippen LogP contribution in [-0.2, 0) is 19.5 Å². The Kier molecular flexibility index (Phi) is 5.04. The fourth-order valence-corrected chi connectivity index (χ4v) is 3.41. The maximum absolute atomic E-state index is 11.3. The number of carbonyl (C=O) groups is 1. The summed E-state index contributed by atoms with van der Waals surface area (Å²) in [6, 6.07) is 15.4. The molecule has 0 aliphatic carbocycles. The number of nitrogens with zero attached hydrogens (tertiary/aromatic N) is 2. The van der Waals surface area contributed by atoms with Gasteiger partial charge in [-0.05, 0) is 43.1 Å². The average Bonchev–Trinajstić information content (AvgIpc) is 2.73. The lowest BCUT2D eigenvalue weighted by Crippen LogP contribution is -2.26. The standard InChI is InChI=1S/C22H23N5O/c1-14-4-2-3-5-17(14)12-25-22-18-10-11-24-13-19(18)26-21(27-22)16-8-6-15(7-9-16)20(23)28/h2-9,24H,10-13H2,1H3,(H2,23,28)(H,25,26,27). The number of hydrogen-bond donors (Lipinski definition) is 3. The zero-order valence-corrected chi connectivity index (χ0v) is 15.8. The van der Waals surface area contributed by atoms with Crippen molar-refractivity contribution in [1.82, 2.24) is 15.3 Å². The number of nitrogens with one attached hydrogen (secondary N) is 2. The van der Waals surface area contributed by atoms with Crippen molar-refractivity contribution in [3.8, 4) is 11.4 Å². The van der Waals surface area contributed by atoms with Crippen molar-refractivity contribution in [2.45, 2.75) is 26.4 Å². The molecule has 0 atom stereocenters. The first-order valence-electron chi connectivity index (χ1n) is 9.41. The summed E-state index contributed by atoms with van der Waals surface area (Å²) < 4.78 is 0. The molecule has 4 rings (SSSR count). The number of rotatable bonds is 5. The second-order valence-electron chi connectivity index (χ2n) is 6.97. The van der Waals surface area contributed by atoms with Crippen molar-refractivity contribution in [2.75, 3.05) is 11.9 Å². The zero-order valence-electron chi connectivity index (χ0n) is 15.8. The lowest BCUT2D eigenvalue weighted by atomic mass is 10.0. The monoisotopic (exact) mass is 373 g/mol. The Balaban J connectivity index is 1.68. The maximum atomic E-state index is 11.3. The van der Waals surface area contributed by atoms with Crippen LogP contribution in [0.2, 0.25) is 0 Å². The molecule has 6 heteroatoms. The van der Waals surface area contributed by atoms with Gasteiger partial charge in [-0.3, -0.25) is 4.79 Å². The summed E-state index contributed by atoms with van der Waals surface area (Å²) in [6.45, 7) is 4.47. The van der Waals surface area contributed by atoms with Crippen LogP contribution >= 0.6 is 0 Å². The van der Waals surface area contributed by atoms with Gasteiger partial charge in [-0.25, -0.2) is 9.97 Å². The summed E-state index contributed by atoms with van der Waals surface area (Å²) in [4.78, 5) is 20.9. The SMILES string of the molecule is Cc1ccccc1CNc1nc(-c2ccc(C(N)=O)cc2)nc2c1CCNC2. The summed E-state index contributed by atoms with van der Waals surface area (Å²) in [5.74, 6) is 1.08. The molecule has 0 unspecified atom stereocenters. The second kappa shape index (κ2) is 7.78. The molecule has 142 valence electrons. The van der Waals surface area contributed by atoms with Gasteiger partial charge in [-0.15, -0.1) is 0 Å². The lowest BCUT2D eigenvalue weighted by Gasteiger charge is -2.21. The normalized spacial score (nSPS) is 13.0. The molecule has 0 radical (unpaired) electrons. The molecule has 0 bridgehead atoms. The van der Waals surface area contributed by atoms with E-state index in [1.807, 2.05) is 18.2 Å². The number of benzene rings is 2. The molecular weight excluding hydrogens is 350 g/mol. The molecule has 0 fully saturated rings. The number of anilines is 1. The first-order chi connectivity index (χ1) is 13.6. The number of amides is 1. The van der Waals surface area contributed by atoms with Crippen LogP contribution < -0.4 is 16.4 Å². The van der Waals surface area contributed by atoms with Crippen LogP contribution in [0.1, 0.15) is 32.7 Å². The zero-order chi connectivity index (χ0) is 19.5. The highest BCUT2D eigenvalue weighted by Gasteiger charge is 2.18. The largest absolute Gasteiger partial charge is 0.366 e. The molecule has 0 saturated heterocycles. The molecule has 28 heavy (non-hydrogen) atoms. The van der Waals surface area contributed by atoms with Gasteiger partial charge < -0.3 is 16.4 Å². The predicted octanol–water partition coefficient (Wildman–Crippen LogP) is 2.81. The van der Waals surface area contributed by atoms with Gasteiger partial charge in [-0.2, -0.15) is 0 Å². The predicted molar refractivity (Wildman–Crippen MR) is 110 cm³/mol. The second-order valence-corrected chi connectivity index (χ2v) is 6.97. The summed E-state index contributed by atoms with van der Waals surface area (Å²) in [5.41, 5.74) is 11.4. The Hall–Kier alpha value is -3.25. The van der Waals surface area contributed by atoms with Gasteiger partial charge in [0.1, 0.15) is 5.82 Å². The Morgan fingerprint density at radius 3 is 2.68 bits per heavy atom. The Morgan fingerprint density at radius 2 is 1.93 bits per heavy atom. The third-order valence-corrected chi connectivity index (χ3v) is 5.07. The number of aromatic nitrogens is 2. The Labute approximate surface area is 164 Å². The van der Waals surface area contributed by atoms with Crippen molar-refractivity contribution in [3.05, 3.63) is 76.5 Å². The highest BCUT2D eigenvalue weighted by atomic mass is 16.1. The van der Waals surface area contributed by atoms with Gasteiger partial charge in [0, 0.05) is 29.8 Å². The molecule has 4 N–H and O–H groups in total. The van der Waals surface area contributed by atoms with Crippen molar-refractivity contribution < 1.29 is 4.79 Å². The highest BCUT2D eigenvalue weighted by molar-refractivity contribution is 5.93. The van der Waals surface area contributed by atoms with Crippen LogP contribution in [0.4, 0.5) is 5.82 Å². The molecule has 2 aromatic carbocycles. The van der Waals surface area contributed by atoms with E-state index in [0.717, 1.165) is 36.6 Å². The van der Waals surface area contributed by atoms with Gasteiger partial charge in [0.05, 0.1) is 5.69 Å². The van der Waals surface area contributed by atoms with Crippen LogP contribution in [0, 0.1) is 6.92 Å². The fraction of sp³-hybridized carbons (Fsp3) is 0.227. The summed E-state index contributed by atoms with van der Waals surface area (Å²) in [5, 5.41) is 6.89. The highest BCUT2D eigenvalue weighted by Crippen LogP contribution is 2.26. The van der Waals surface area contributed by atoms with Crippen LogP contribution in [0.25, 0.3) is 11.4 Å². The lowest BCUT2D eigenvalue weighted by molar-refractivity contribution is 0.100. The molecule has 1 amide bonds. The fourth-order valence-electron chi connectivity index (χ4n) is 3.41. The third-order valence-electron chi connectivity index (χ3n) is 5.07. The van der Waals surface area contributed by atoms with Crippen LogP contribution in [0.3, 0.4) is 0 Å². The number of aryl methyl sites for hydroxylation is 1. The number of primary amides is 1. The van der Waals surface area contributed by atoms with E-state index in [1.165, 1.54) is 16.7 Å². The quantitative estimate of drug-likeness (QED) is 0.639. The van der Waals surface area contributed by atoms with Crippen molar-refractivity contribution in [3.63, 3.8) is 0 Å². The number of hydrogen-bond acceptors (Lipinski definition) is 5. The molecule has 2 heterocycles. The van der Waals surface area contributed by atoms with E-state index in [1.54, 1.807) is 12.1 Å². The Morgan fingerprint density at radius 1 is 1.14 bits per heavy atom. The average molecular weight is 373 g/mol. The molecule has 0 spiro atoms. The van der Waals surface area contributed by atoms with Gasteiger partial charge in [0.25, 0.3) is 0 Å². The van der Waals surface area contributed by atoms with Gasteiger partial charge >= 0.3 is 0 Å². The van der Waals surface area contributed by atoms with E-state index < -0.39 is 5.91 Å². The first kappa shape index (κ1) is 18.1. The molecular formula is C22H23N5O. The van der Waals surface area contributed by atoms with Gasteiger partial charge in [0.15, 0.2) is 5.82 Å². The van der Waals surface area contributed by atoms with E-state index >= 15 is 0 Å². The molecule has 3 aromatic rings. The molecule has 1 aliphatic rings. The van der Waals surface area contributed by atoms with Crippen LogP contribution in [0.15, 0.2) is 48.5 Å². The van der Waals surface area contributed by atoms with Crippen LogP contribution in [-0.4, -0.2) is 22.4 Å². The maximum Gasteiger partial charge on any atom is 0.248 e. The van der Waals surface area contributed by atoms with Gasteiger partial charge in [-0.1, -0.05) is 36.4 Å². The van der Waals surface area contributed by atoms with E-state index in [9.17, 15) is 4.79 Å². The van der Waals surface area contributed by atoms with Crippen molar-refractivity contribution in [2.24, 2.45) is 5.73 Å². The third kappa shape index (κ3) is 3.73. The topological polar surface area (TPSA) is 92.9 Å². The minimum atomic E-state index is -0.442. The summed E-state index contributed by atoms with van der Waals surface area (Å²) >= 11 is 0. The first-order valence-corrected chi connectivity index (χ1v) is 9.41. The van der Waals surface area contributed by atoms with Crippen molar-refractivity contribution >= 4 is 11.7 Å². The Bertz CT molecular complexity index is 1010. The van der Waals surface area contributed by atoms with E-state index in [4.69, 9.17) is 15.7 Å². The molecule has 0 saturated carbocycles. The van der Waals surface area contributed by atoms with E-state index in [0.29, 0.717) is 17.9 Å². The van der Waals surface area contributed by atoms with E-state index in [2.05, 4.69) is 35.8 Å². The summed E-state index contributed by atoms with van der Waals surface area (Å²) in [7, 11) is 0. The molecule has 1 aromatic heterocycles. The van der Waals surface area contributed by atoms with Crippen molar-refractivity contribution in [1.29, 1.82) is 0 Å². The minimum absolute atomic E-state index is 0.442. The molecule has 1 aliphatic heterocycles. The number of nitrogens with two attached hydrogens (primary N) is 1. The number of fused-ring (bicyclic) bond motifs is 1. The molecule has 6 nitrogen and oxygen atoms in total. The van der Waals surface area contributed by atoms with Crippen LogP contribution in [0.5, 0.6) is 0 Å². The number of carbonyl (C=O) groups excluding carboxylic acids is 1. The minimum Gasteiger partial charge on any atom is -0.366 e. The smallest absolute Gasteiger partial charge is 0.248 e.